The van der Waals surface area contributed by atoms with Gasteiger partial charge in [-0.2, -0.15) is 0 Å². The van der Waals surface area contributed by atoms with Crippen molar-refractivity contribution in [2.45, 2.75) is 35.0 Å². The molecule has 0 bridgehead atoms. The van der Waals surface area contributed by atoms with Gasteiger partial charge < -0.3 is 0 Å². The van der Waals surface area contributed by atoms with Gasteiger partial charge in [0.1, 0.15) is 0 Å². The molecule has 2 aromatic carbocycles. The minimum atomic E-state index is -0.795. The minimum absolute atomic E-state index is 0.684. The van der Waals surface area contributed by atoms with Gasteiger partial charge in [-0.15, -0.1) is 0 Å². The van der Waals surface area contributed by atoms with Gasteiger partial charge in [0, 0.05) is 0 Å². The van der Waals surface area contributed by atoms with E-state index in [-0.39, 0.29) is 0 Å². The fraction of sp³-hybridized carbons (Fsp3) is 0.333. The molecule has 0 aromatic heterocycles. The van der Waals surface area contributed by atoms with Crippen molar-refractivity contribution in [1.82, 2.24) is 0 Å². The molecule has 0 saturated heterocycles. The summed E-state index contributed by atoms with van der Waals surface area (Å²) >= 11 is 0.917. The summed E-state index contributed by atoms with van der Waals surface area (Å²) in [6.45, 7) is 0. The SMILES string of the molecule is Fc1ccc(-c2ccc(C3CC[CH]([Hg])CC3)cc2)cc1F. The van der Waals surface area contributed by atoms with Crippen LogP contribution < -0.4 is 0 Å². The molecule has 1 fully saturated rings. The van der Waals surface area contributed by atoms with Gasteiger partial charge in [0.2, 0.25) is 0 Å². The summed E-state index contributed by atoms with van der Waals surface area (Å²) in [5.74, 6) is -0.899. The van der Waals surface area contributed by atoms with Crippen LogP contribution in [0.3, 0.4) is 0 Å². The second-order valence-corrected chi connectivity index (χ2v) is 10.5. The summed E-state index contributed by atoms with van der Waals surface area (Å²) in [7, 11) is 0. The van der Waals surface area contributed by atoms with E-state index < -0.39 is 11.6 Å². The molecule has 0 amide bonds. The molecule has 0 heterocycles. The molecule has 105 valence electrons. The van der Waals surface area contributed by atoms with Gasteiger partial charge in [0.15, 0.2) is 0 Å². The van der Waals surface area contributed by atoms with E-state index in [0.717, 1.165) is 40.7 Å². The van der Waals surface area contributed by atoms with Gasteiger partial charge in [0.25, 0.3) is 0 Å². The van der Waals surface area contributed by atoms with Crippen molar-refractivity contribution in [3.63, 3.8) is 0 Å². The Bertz CT molecular complexity index is 614. The maximum atomic E-state index is 13.3. The molecular weight excluding hydrogens is 455 g/mol. The number of benzene rings is 2. The van der Waals surface area contributed by atoms with Crippen LogP contribution >= 0.6 is 0 Å². The van der Waals surface area contributed by atoms with Crippen molar-refractivity contribution >= 4 is 0 Å². The van der Waals surface area contributed by atoms with E-state index >= 15 is 0 Å². The molecule has 0 spiro atoms. The zero-order valence-corrected chi connectivity index (χ0v) is 17.5. The number of halogens is 2. The zero-order valence-electron chi connectivity index (χ0n) is 12.0. The van der Waals surface area contributed by atoms with Crippen LogP contribution in [0.4, 0.5) is 8.78 Å². The monoisotopic (exact) mass is 473 g/mol. The number of hydrogen-bond acceptors (Lipinski definition) is 0. The molecule has 2 aromatic rings. The van der Waals surface area contributed by atoms with Crippen LogP contribution in [-0.2, 0) is 26.1 Å². The van der Waals surface area contributed by atoms with Crippen LogP contribution in [-0.4, -0.2) is 0 Å². The van der Waals surface area contributed by atoms with Crippen LogP contribution in [0.1, 0.15) is 37.2 Å². The first-order valence-electron chi connectivity index (χ1n) is 7.52. The average molecular weight is 472 g/mol. The van der Waals surface area contributed by atoms with Gasteiger partial charge in [-0.1, -0.05) is 0 Å². The summed E-state index contributed by atoms with van der Waals surface area (Å²) in [5.41, 5.74) is 3.06. The summed E-state index contributed by atoms with van der Waals surface area (Å²) < 4.78 is 27.3. The quantitative estimate of drug-likeness (QED) is 0.498. The van der Waals surface area contributed by atoms with Crippen molar-refractivity contribution in [3.8, 4) is 11.1 Å². The zero-order chi connectivity index (χ0) is 14.8. The average Bonchev–Trinajstić information content (AvgIpc) is 2.51. The Kier molecular flexibility index (Phi) is 4.73. The van der Waals surface area contributed by atoms with E-state index in [1.165, 1.54) is 43.4 Å². The standard InChI is InChI=1S/C18H17F2.Hg/c19-17-11-10-16(12-18(17)20)15-8-6-14(7-9-15)13-4-2-1-3-5-13;/h1,6-13H,2-5H2;. The van der Waals surface area contributed by atoms with Gasteiger partial charge >= 0.3 is 136 Å². The van der Waals surface area contributed by atoms with Crippen molar-refractivity contribution in [2.75, 3.05) is 0 Å². The van der Waals surface area contributed by atoms with Crippen molar-refractivity contribution in [2.24, 2.45) is 0 Å². The molecule has 0 nitrogen and oxygen atoms in total. The second kappa shape index (κ2) is 6.56. The third-order valence-electron chi connectivity index (χ3n) is 4.48. The van der Waals surface area contributed by atoms with E-state index in [4.69, 9.17) is 0 Å². The number of rotatable bonds is 2. The summed E-state index contributed by atoms with van der Waals surface area (Å²) in [6.07, 6.45) is 5.38. The molecular formula is C18H17F2Hg. The topological polar surface area (TPSA) is 0 Å². The molecule has 1 aliphatic carbocycles. The van der Waals surface area contributed by atoms with Gasteiger partial charge in [-0.3, -0.25) is 0 Å². The van der Waals surface area contributed by atoms with E-state index in [0.29, 0.717) is 5.92 Å². The molecule has 0 unspecified atom stereocenters. The van der Waals surface area contributed by atoms with Crippen LogP contribution in [0.5, 0.6) is 0 Å². The summed E-state index contributed by atoms with van der Waals surface area (Å²) in [5, 5.41) is 0. The first-order valence-corrected chi connectivity index (χ1v) is 10.7. The van der Waals surface area contributed by atoms with E-state index in [1.54, 1.807) is 6.07 Å². The molecule has 21 heavy (non-hydrogen) atoms. The Balaban J connectivity index is 1.79. The second-order valence-electron chi connectivity index (χ2n) is 5.97. The molecule has 0 N–H and O–H groups in total. The fourth-order valence-electron chi connectivity index (χ4n) is 3.12. The van der Waals surface area contributed by atoms with E-state index in [9.17, 15) is 8.78 Å². The van der Waals surface area contributed by atoms with E-state index in [2.05, 4.69) is 12.1 Å². The van der Waals surface area contributed by atoms with Gasteiger partial charge in [-0.05, 0) is 0 Å². The van der Waals surface area contributed by atoms with Crippen LogP contribution in [0.2, 0.25) is 3.43 Å². The Morgan fingerprint density at radius 2 is 1.38 bits per heavy atom. The Morgan fingerprint density at radius 1 is 0.762 bits per heavy atom. The van der Waals surface area contributed by atoms with Crippen molar-refractivity contribution < 1.29 is 34.9 Å². The van der Waals surface area contributed by atoms with E-state index in [1.807, 2.05) is 12.1 Å². The Morgan fingerprint density at radius 3 is 2.00 bits per heavy atom. The molecule has 1 aliphatic rings. The van der Waals surface area contributed by atoms with Crippen LogP contribution in [0, 0.1) is 11.6 Å². The molecule has 3 heteroatoms. The molecule has 0 aliphatic heterocycles. The summed E-state index contributed by atoms with van der Waals surface area (Å²) in [4.78, 5) is 0. The molecule has 0 atom stereocenters. The summed E-state index contributed by atoms with van der Waals surface area (Å²) in [6, 6.07) is 12.4. The Labute approximate surface area is 140 Å². The first kappa shape index (κ1) is 15.1. The molecule has 1 saturated carbocycles. The van der Waals surface area contributed by atoms with Gasteiger partial charge in [-0.25, -0.2) is 4.39 Å². The molecule has 0 radical (unpaired) electrons. The third kappa shape index (κ3) is 3.53. The van der Waals surface area contributed by atoms with Crippen molar-refractivity contribution in [3.05, 3.63) is 59.7 Å². The van der Waals surface area contributed by atoms with Crippen LogP contribution in [0.25, 0.3) is 11.1 Å². The van der Waals surface area contributed by atoms with Crippen molar-refractivity contribution in [1.29, 1.82) is 0 Å². The normalized spacial score (nSPS) is 22.3. The van der Waals surface area contributed by atoms with Crippen LogP contribution in [0.15, 0.2) is 42.5 Å². The van der Waals surface area contributed by atoms with Gasteiger partial charge in [0.05, 0.1) is 0 Å². The molecule has 3 rings (SSSR count). The maximum absolute atomic E-state index is 13.3. The first-order chi connectivity index (χ1) is 10.1. The fourth-order valence-corrected chi connectivity index (χ4v) is 4.95. The third-order valence-corrected chi connectivity index (χ3v) is 7.66. The Hall–Kier alpha value is -0.765. The predicted molar refractivity (Wildman–Crippen MR) is 76.8 cm³/mol. The number of hydrogen-bond donors (Lipinski definition) is 0. The predicted octanol–water partition coefficient (Wildman–Crippen LogP) is 5.62.